The van der Waals surface area contributed by atoms with Crippen LogP contribution in [0.1, 0.15) is 65.7 Å². The summed E-state index contributed by atoms with van der Waals surface area (Å²) < 4.78 is 0. The van der Waals surface area contributed by atoms with Crippen molar-refractivity contribution in [2.75, 3.05) is 0 Å². The van der Waals surface area contributed by atoms with Crippen molar-refractivity contribution in [3.05, 3.63) is 18.1 Å². The molecule has 0 atom stereocenters. The molecule has 77 valence electrons. The lowest BCUT2D eigenvalue weighted by molar-refractivity contribution is 0.606. The van der Waals surface area contributed by atoms with Crippen molar-refractivity contribution in [3.8, 4) is 0 Å². The molecule has 0 rings (SSSR count). The molecule has 1 radical (unpaired) electrons. The van der Waals surface area contributed by atoms with Crippen LogP contribution in [-0.2, 0) is 0 Å². The predicted molar refractivity (Wildman–Crippen MR) is 61.7 cm³/mol. The SMILES string of the molecule is [CH2]C(C)=C(C)CCCCCCCC. The second-order valence-electron chi connectivity index (χ2n) is 4.08. The second kappa shape index (κ2) is 8.34. The number of unbranched alkanes of at least 4 members (excludes halogenated alkanes) is 5. The minimum Gasteiger partial charge on any atom is -0.0744 e. The third-order valence-corrected chi connectivity index (χ3v) is 2.63. The van der Waals surface area contributed by atoms with E-state index in [-0.39, 0.29) is 0 Å². The summed E-state index contributed by atoms with van der Waals surface area (Å²) in [5.41, 5.74) is 2.74. The van der Waals surface area contributed by atoms with E-state index in [0.29, 0.717) is 0 Å². The molecule has 0 aliphatic carbocycles. The Hall–Kier alpha value is -0.260. The van der Waals surface area contributed by atoms with Crippen molar-refractivity contribution in [2.24, 2.45) is 0 Å². The lowest BCUT2D eigenvalue weighted by Crippen LogP contribution is -1.83. The standard InChI is InChI=1S/C13H25/c1-5-6-7-8-9-10-11-13(4)12(2)3/h2,5-11H2,1,3-4H3. The molecule has 0 heteroatoms. The molecule has 13 heavy (non-hydrogen) atoms. The van der Waals surface area contributed by atoms with E-state index in [1.165, 1.54) is 56.1 Å². The summed E-state index contributed by atoms with van der Waals surface area (Å²) in [5, 5.41) is 0. The van der Waals surface area contributed by atoms with Gasteiger partial charge >= 0.3 is 0 Å². The van der Waals surface area contributed by atoms with E-state index in [1.807, 2.05) is 0 Å². The largest absolute Gasteiger partial charge is 0.0744 e. The van der Waals surface area contributed by atoms with Crippen LogP contribution in [0, 0.1) is 6.92 Å². The third kappa shape index (κ3) is 8.08. The third-order valence-electron chi connectivity index (χ3n) is 2.63. The zero-order chi connectivity index (χ0) is 10.1. The normalized spacial score (nSPS) is 12.9. The van der Waals surface area contributed by atoms with Gasteiger partial charge in [-0.15, -0.1) is 0 Å². The minimum atomic E-state index is 1.25. The fourth-order valence-corrected chi connectivity index (χ4v) is 1.38. The number of allylic oxidation sites excluding steroid dienone is 2. The van der Waals surface area contributed by atoms with Crippen LogP contribution in [0.15, 0.2) is 11.1 Å². The summed E-state index contributed by atoms with van der Waals surface area (Å²) in [6, 6.07) is 0. The Morgan fingerprint density at radius 3 is 2.00 bits per heavy atom. The van der Waals surface area contributed by atoms with Gasteiger partial charge in [0, 0.05) is 0 Å². The first-order valence-corrected chi connectivity index (χ1v) is 5.66. The van der Waals surface area contributed by atoms with E-state index in [0.717, 1.165) is 0 Å². The average Bonchev–Trinajstić information content (AvgIpc) is 2.10. The molecule has 0 amide bonds. The van der Waals surface area contributed by atoms with Crippen LogP contribution in [0.2, 0.25) is 0 Å². The molecule has 0 spiro atoms. The topological polar surface area (TPSA) is 0 Å². The van der Waals surface area contributed by atoms with E-state index in [1.54, 1.807) is 0 Å². The summed E-state index contributed by atoms with van der Waals surface area (Å²) in [6.45, 7) is 10.5. The molecular formula is C13H25. The quantitative estimate of drug-likeness (QED) is 0.490. The molecule has 0 aromatic carbocycles. The van der Waals surface area contributed by atoms with E-state index < -0.39 is 0 Å². The number of hydrogen-bond acceptors (Lipinski definition) is 0. The molecule has 0 saturated heterocycles. The van der Waals surface area contributed by atoms with Gasteiger partial charge in [0.25, 0.3) is 0 Å². The van der Waals surface area contributed by atoms with Crippen LogP contribution in [0.25, 0.3) is 0 Å². The monoisotopic (exact) mass is 181 g/mol. The van der Waals surface area contributed by atoms with Gasteiger partial charge in [-0.1, -0.05) is 50.2 Å². The zero-order valence-corrected chi connectivity index (χ0v) is 9.66. The summed E-state index contributed by atoms with van der Waals surface area (Å²) >= 11 is 0. The molecule has 0 bridgehead atoms. The van der Waals surface area contributed by atoms with Gasteiger partial charge in [-0.2, -0.15) is 0 Å². The first-order chi connectivity index (χ1) is 6.18. The smallest absolute Gasteiger partial charge is 0.0283 e. The molecule has 0 aromatic heterocycles. The summed E-state index contributed by atoms with van der Waals surface area (Å²) in [4.78, 5) is 0. The average molecular weight is 181 g/mol. The van der Waals surface area contributed by atoms with Crippen molar-refractivity contribution in [2.45, 2.75) is 65.7 Å². The lowest BCUT2D eigenvalue weighted by atomic mass is 10.0. The molecule has 0 fully saturated rings. The Balaban J connectivity index is 3.22. The van der Waals surface area contributed by atoms with E-state index in [9.17, 15) is 0 Å². The molecule has 0 saturated carbocycles. The highest BCUT2D eigenvalue weighted by atomic mass is 14.0. The van der Waals surface area contributed by atoms with E-state index >= 15 is 0 Å². The highest BCUT2D eigenvalue weighted by Gasteiger charge is 1.93. The van der Waals surface area contributed by atoms with Crippen LogP contribution < -0.4 is 0 Å². The van der Waals surface area contributed by atoms with Crippen molar-refractivity contribution >= 4 is 0 Å². The summed E-state index contributed by atoms with van der Waals surface area (Å²) in [5.74, 6) is 0. The summed E-state index contributed by atoms with van der Waals surface area (Å²) in [7, 11) is 0. The maximum Gasteiger partial charge on any atom is -0.0283 e. The minimum absolute atomic E-state index is 1.25. The van der Waals surface area contributed by atoms with E-state index in [2.05, 4.69) is 27.7 Å². The van der Waals surface area contributed by atoms with Gasteiger partial charge in [0.15, 0.2) is 0 Å². The molecule has 0 heterocycles. The Bertz CT molecular complexity index is 138. The van der Waals surface area contributed by atoms with E-state index in [4.69, 9.17) is 0 Å². The van der Waals surface area contributed by atoms with Gasteiger partial charge in [0.2, 0.25) is 0 Å². The van der Waals surface area contributed by atoms with Gasteiger partial charge in [-0.05, 0) is 33.6 Å². The van der Waals surface area contributed by atoms with Crippen molar-refractivity contribution in [1.82, 2.24) is 0 Å². The maximum atomic E-state index is 3.95. The molecule has 0 aromatic rings. The van der Waals surface area contributed by atoms with Crippen molar-refractivity contribution in [3.63, 3.8) is 0 Å². The number of rotatable bonds is 7. The Kier molecular flexibility index (Phi) is 8.18. The molecule has 0 aliphatic rings. The fraction of sp³-hybridized carbons (Fsp3) is 0.769. The van der Waals surface area contributed by atoms with Crippen LogP contribution in [-0.4, -0.2) is 0 Å². The highest BCUT2D eigenvalue weighted by Crippen LogP contribution is 2.13. The fourth-order valence-electron chi connectivity index (χ4n) is 1.38. The maximum absolute atomic E-state index is 3.95. The lowest BCUT2D eigenvalue weighted by Gasteiger charge is -2.03. The summed E-state index contributed by atoms with van der Waals surface area (Å²) in [6.07, 6.45) is 9.58. The van der Waals surface area contributed by atoms with Crippen LogP contribution in [0.5, 0.6) is 0 Å². The zero-order valence-electron chi connectivity index (χ0n) is 9.66. The van der Waals surface area contributed by atoms with Gasteiger partial charge in [-0.3, -0.25) is 0 Å². The van der Waals surface area contributed by atoms with Gasteiger partial charge in [0.1, 0.15) is 0 Å². The molecule has 0 N–H and O–H groups in total. The first-order valence-electron chi connectivity index (χ1n) is 5.66. The second-order valence-corrected chi connectivity index (χ2v) is 4.08. The molecular weight excluding hydrogens is 156 g/mol. The van der Waals surface area contributed by atoms with Crippen LogP contribution >= 0.6 is 0 Å². The van der Waals surface area contributed by atoms with Crippen molar-refractivity contribution in [1.29, 1.82) is 0 Å². The Labute approximate surface area is 84.4 Å². The van der Waals surface area contributed by atoms with Gasteiger partial charge in [0.05, 0.1) is 0 Å². The Morgan fingerprint density at radius 1 is 0.923 bits per heavy atom. The Morgan fingerprint density at radius 2 is 1.46 bits per heavy atom. The highest BCUT2D eigenvalue weighted by molar-refractivity contribution is 5.11. The first kappa shape index (κ1) is 12.7. The van der Waals surface area contributed by atoms with Gasteiger partial charge < -0.3 is 0 Å². The predicted octanol–water partition coefficient (Wildman–Crippen LogP) is 4.91. The van der Waals surface area contributed by atoms with Crippen LogP contribution in [0.3, 0.4) is 0 Å². The molecule has 0 nitrogen and oxygen atoms in total. The molecule has 0 aliphatic heterocycles. The van der Waals surface area contributed by atoms with Crippen LogP contribution in [0.4, 0.5) is 0 Å². The van der Waals surface area contributed by atoms with Crippen molar-refractivity contribution < 1.29 is 0 Å². The van der Waals surface area contributed by atoms with Gasteiger partial charge in [-0.25, -0.2) is 0 Å². The number of hydrogen-bond donors (Lipinski definition) is 0. The molecule has 0 unspecified atom stereocenters.